The van der Waals surface area contributed by atoms with Crippen LogP contribution in [0, 0.1) is 0 Å². The summed E-state index contributed by atoms with van der Waals surface area (Å²) in [6.07, 6.45) is 1.01. The third-order valence-electron chi connectivity index (χ3n) is 3.52. The Kier molecular flexibility index (Phi) is 5.07. The molecule has 0 aliphatic rings. The predicted octanol–water partition coefficient (Wildman–Crippen LogP) is 3.56. The van der Waals surface area contributed by atoms with Crippen LogP contribution in [0.25, 0.3) is 10.9 Å². The Morgan fingerprint density at radius 3 is 2.62 bits per heavy atom. The zero-order chi connectivity index (χ0) is 17.9. The smallest absolute Gasteiger partial charge is 0.407 e. The molecule has 2 N–H and O–H groups in total. The van der Waals surface area contributed by atoms with Crippen LogP contribution in [0.5, 0.6) is 0 Å². The first-order chi connectivity index (χ1) is 11.2. The van der Waals surface area contributed by atoms with Gasteiger partial charge in [-0.2, -0.15) is 0 Å². The van der Waals surface area contributed by atoms with E-state index >= 15 is 0 Å². The third-order valence-corrected chi connectivity index (χ3v) is 3.52. The van der Waals surface area contributed by atoms with Gasteiger partial charge in [0, 0.05) is 24.0 Å². The number of amides is 1. The molecule has 1 heterocycles. The van der Waals surface area contributed by atoms with Crippen molar-refractivity contribution in [3.8, 4) is 0 Å². The summed E-state index contributed by atoms with van der Waals surface area (Å²) in [7, 11) is 0. The maximum atomic E-state index is 11.8. The van der Waals surface area contributed by atoms with Gasteiger partial charge in [0.15, 0.2) is 0 Å². The molecule has 1 unspecified atom stereocenters. The van der Waals surface area contributed by atoms with E-state index in [1.54, 1.807) is 32.9 Å². The highest BCUT2D eigenvalue weighted by Gasteiger charge is 2.18. The molecule has 0 aliphatic heterocycles. The standard InChI is InChI=1S/C18H22N2O4/c1-11(10-20-17(23)24-18(2,3)4)12-6-5-7-13-14(16(21)22)8-9-19-15(12)13/h5-9,11H,10H2,1-4H3,(H,20,23)(H,21,22). The van der Waals surface area contributed by atoms with Crippen LogP contribution < -0.4 is 5.32 Å². The Balaban J connectivity index is 2.21. The Bertz CT molecular complexity index is 765. The summed E-state index contributed by atoms with van der Waals surface area (Å²) in [4.78, 5) is 27.4. The number of nitrogens with one attached hydrogen (secondary N) is 1. The SMILES string of the molecule is CC(CNC(=O)OC(C)(C)C)c1cccc2c(C(=O)O)ccnc12. The molecule has 0 fully saturated rings. The number of benzene rings is 1. The molecule has 1 aromatic carbocycles. The van der Waals surface area contributed by atoms with Crippen LogP contribution in [0.3, 0.4) is 0 Å². The molecule has 6 heteroatoms. The summed E-state index contributed by atoms with van der Waals surface area (Å²) >= 11 is 0. The molecule has 128 valence electrons. The van der Waals surface area contributed by atoms with Crippen LogP contribution in [-0.4, -0.2) is 34.3 Å². The van der Waals surface area contributed by atoms with E-state index in [0.717, 1.165) is 5.56 Å². The van der Waals surface area contributed by atoms with Crippen molar-refractivity contribution in [2.75, 3.05) is 6.54 Å². The van der Waals surface area contributed by atoms with Gasteiger partial charge in [0.05, 0.1) is 11.1 Å². The monoisotopic (exact) mass is 330 g/mol. The molecule has 0 saturated heterocycles. The van der Waals surface area contributed by atoms with Crippen molar-refractivity contribution in [3.05, 3.63) is 41.6 Å². The molecular formula is C18H22N2O4. The van der Waals surface area contributed by atoms with Crippen molar-refractivity contribution < 1.29 is 19.4 Å². The van der Waals surface area contributed by atoms with E-state index in [0.29, 0.717) is 17.4 Å². The largest absolute Gasteiger partial charge is 0.478 e. The van der Waals surface area contributed by atoms with E-state index in [4.69, 9.17) is 4.74 Å². The van der Waals surface area contributed by atoms with Crippen molar-refractivity contribution >= 4 is 23.0 Å². The number of carbonyl (C=O) groups excluding carboxylic acids is 1. The Hall–Kier alpha value is -2.63. The molecule has 0 aliphatic carbocycles. The number of fused-ring (bicyclic) bond motifs is 1. The number of alkyl carbamates (subject to hydrolysis) is 1. The second-order valence-electron chi connectivity index (χ2n) is 6.69. The number of ether oxygens (including phenoxy) is 1. The number of aromatic nitrogens is 1. The van der Waals surface area contributed by atoms with Crippen molar-refractivity contribution in [2.24, 2.45) is 0 Å². The minimum absolute atomic E-state index is 0.0437. The fraction of sp³-hybridized carbons (Fsp3) is 0.389. The molecule has 2 rings (SSSR count). The highest BCUT2D eigenvalue weighted by atomic mass is 16.6. The van der Waals surface area contributed by atoms with Gasteiger partial charge >= 0.3 is 12.1 Å². The zero-order valence-electron chi connectivity index (χ0n) is 14.3. The fourth-order valence-corrected chi connectivity index (χ4v) is 2.44. The summed E-state index contributed by atoms with van der Waals surface area (Å²) in [6, 6.07) is 6.92. The first-order valence-corrected chi connectivity index (χ1v) is 7.77. The zero-order valence-corrected chi connectivity index (χ0v) is 14.3. The molecule has 6 nitrogen and oxygen atoms in total. The van der Waals surface area contributed by atoms with Crippen molar-refractivity contribution in [1.29, 1.82) is 0 Å². The van der Waals surface area contributed by atoms with Gasteiger partial charge in [-0.05, 0) is 32.4 Å². The van der Waals surface area contributed by atoms with E-state index in [-0.39, 0.29) is 11.5 Å². The van der Waals surface area contributed by atoms with Gasteiger partial charge in [0.1, 0.15) is 5.60 Å². The molecule has 0 spiro atoms. The molecule has 2 aromatic rings. The van der Waals surface area contributed by atoms with Gasteiger partial charge in [0.2, 0.25) is 0 Å². The Morgan fingerprint density at radius 2 is 2.00 bits per heavy atom. The highest BCUT2D eigenvalue weighted by Crippen LogP contribution is 2.26. The predicted molar refractivity (Wildman–Crippen MR) is 91.4 cm³/mol. The van der Waals surface area contributed by atoms with E-state index < -0.39 is 17.7 Å². The number of rotatable bonds is 4. The maximum Gasteiger partial charge on any atom is 0.407 e. The lowest BCUT2D eigenvalue weighted by Gasteiger charge is -2.21. The van der Waals surface area contributed by atoms with Crippen LogP contribution >= 0.6 is 0 Å². The molecule has 0 bridgehead atoms. The van der Waals surface area contributed by atoms with Gasteiger partial charge in [-0.1, -0.05) is 25.1 Å². The number of pyridine rings is 1. The quantitative estimate of drug-likeness (QED) is 0.895. The average molecular weight is 330 g/mol. The second kappa shape index (κ2) is 6.86. The van der Waals surface area contributed by atoms with Gasteiger partial charge in [-0.3, -0.25) is 4.98 Å². The van der Waals surface area contributed by atoms with Crippen LogP contribution in [0.4, 0.5) is 4.79 Å². The van der Waals surface area contributed by atoms with Gasteiger partial charge < -0.3 is 15.2 Å². The number of carboxylic acids is 1. The van der Waals surface area contributed by atoms with Gasteiger partial charge in [0.25, 0.3) is 0 Å². The molecule has 0 radical (unpaired) electrons. The van der Waals surface area contributed by atoms with E-state index in [2.05, 4.69) is 10.3 Å². The van der Waals surface area contributed by atoms with Crippen molar-refractivity contribution in [2.45, 2.75) is 39.2 Å². The Labute approximate surface area is 140 Å². The number of nitrogens with zero attached hydrogens (tertiary/aromatic N) is 1. The van der Waals surface area contributed by atoms with Crippen LogP contribution in [0.1, 0.15) is 49.5 Å². The van der Waals surface area contributed by atoms with Crippen molar-refractivity contribution in [1.82, 2.24) is 10.3 Å². The maximum absolute atomic E-state index is 11.8. The summed E-state index contributed by atoms with van der Waals surface area (Å²) < 4.78 is 5.22. The number of hydrogen-bond donors (Lipinski definition) is 2. The summed E-state index contributed by atoms with van der Waals surface area (Å²) in [6.45, 7) is 7.72. The van der Waals surface area contributed by atoms with Gasteiger partial charge in [-0.25, -0.2) is 9.59 Å². The number of hydrogen-bond acceptors (Lipinski definition) is 4. The van der Waals surface area contributed by atoms with Crippen LogP contribution in [0.2, 0.25) is 0 Å². The molecule has 1 atom stereocenters. The van der Waals surface area contributed by atoms with E-state index in [1.165, 1.54) is 12.3 Å². The molecule has 1 amide bonds. The molecular weight excluding hydrogens is 308 g/mol. The number of aromatic carboxylic acids is 1. The molecule has 24 heavy (non-hydrogen) atoms. The minimum atomic E-state index is -0.987. The van der Waals surface area contributed by atoms with Crippen molar-refractivity contribution in [3.63, 3.8) is 0 Å². The normalized spacial score (nSPS) is 12.7. The number of carboxylic acid groups (broad SMARTS) is 1. The average Bonchev–Trinajstić information content (AvgIpc) is 2.49. The summed E-state index contributed by atoms with van der Waals surface area (Å²) in [5.41, 5.74) is 1.18. The van der Waals surface area contributed by atoms with Crippen LogP contribution in [0.15, 0.2) is 30.5 Å². The van der Waals surface area contributed by atoms with E-state index in [9.17, 15) is 14.7 Å². The van der Waals surface area contributed by atoms with Gasteiger partial charge in [-0.15, -0.1) is 0 Å². The first kappa shape index (κ1) is 17.7. The molecule has 1 aromatic heterocycles. The Morgan fingerprint density at radius 1 is 1.29 bits per heavy atom. The first-order valence-electron chi connectivity index (χ1n) is 7.77. The number of para-hydroxylation sites is 1. The third kappa shape index (κ3) is 4.22. The minimum Gasteiger partial charge on any atom is -0.478 e. The highest BCUT2D eigenvalue weighted by molar-refractivity contribution is 6.03. The lowest BCUT2D eigenvalue weighted by molar-refractivity contribution is 0.0524. The lowest BCUT2D eigenvalue weighted by atomic mass is 9.96. The van der Waals surface area contributed by atoms with E-state index in [1.807, 2.05) is 13.0 Å². The topological polar surface area (TPSA) is 88.5 Å². The second-order valence-corrected chi connectivity index (χ2v) is 6.69. The number of carbonyl (C=O) groups is 2. The summed E-state index contributed by atoms with van der Waals surface area (Å²) in [5, 5.41) is 12.6. The van der Waals surface area contributed by atoms with Crippen LogP contribution in [-0.2, 0) is 4.74 Å². The molecule has 0 saturated carbocycles. The summed E-state index contributed by atoms with van der Waals surface area (Å²) in [5.74, 6) is -1.03. The fourth-order valence-electron chi connectivity index (χ4n) is 2.44. The lowest BCUT2D eigenvalue weighted by Crippen LogP contribution is -2.34.